The van der Waals surface area contributed by atoms with E-state index in [4.69, 9.17) is 13.9 Å². The van der Waals surface area contributed by atoms with Crippen LogP contribution in [0.15, 0.2) is 36.4 Å². The summed E-state index contributed by atoms with van der Waals surface area (Å²) in [4.78, 5) is 12.6. The quantitative estimate of drug-likeness (QED) is 0.143. The monoisotopic (exact) mass is 534 g/mol. The minimum Gasteiger partial charge on any atom is -0.461 e. The maximum Gasteiger partial charge on any atom is 0.356 e. The molecule has 9 heteroatoms. The molecular formula is C27H46N2O5Si2. The SMILES string of the molecule is CCOC(=O)c1cc(CC[C@](O)(O[Si](C)(C)C(C)(C)C)c2ccccc2)nn1COCC[Si](C)(C)C. The van der Waals surface area contributed by atoms with E-state index < -0.39 is 28.1 Å². The number of aromatic nitrogens is 2. The third-order valence-corrected chi connectivity index (χ3v) is 12.9. The van der Waals surface area contributed by atoms with Crippen molar-refractivity contribution >= 4 is 22.4 Å². The van der Waals surface area contributed by atoms with Gasteiger partial charge in [0.1, 0.15) is 12.4 Å². The second kappa shape index (κ2) is 12.2. The summed E-state index contributed by atoms with van der Waals surface area (Å²) in [6.07, 6.45) is 0.730. The summed E-state index contributed by atoms with van der Waals surface area (Å²) >= 11 is 0. The molecule has 1 aromatic carbocycles. The minimum atomic E-state index is -2.30. The van der Waals surface area contributed by atoms with E-state index in [1.54, 1.807) is 17.7 Å². The highest BCUT2D eigenvalue weighted by molar-refractivity contribution is 6.76. The summed E-state index contributed by atoms with van der Waals surface area (Å²) in [6, 6.07) is 12.3. The fourth-order valence-electron chi connectivity index (χ4n) is 3.41. The molecule has 1 atom stereocenters. The van der Waals surface area contributed by atoms with Crippen LogP contribution in [0.25, 0.3) is 0 Å². The molecule has 0 aliphatic carbocycles. The van der Waals surface area contributed by atoms with Crippen LogP contribution >= 0.6 is 0 Å². The van der Waals surface area contributed by atoms with Crippen molar-refractivity contribution in [3.05, 3.63) is 53.3 Å². The topological polar surface area (TPSA) is 82.8 Å². The standard InChI is InChI=1S/C27H46N2O5Si2/c1-10-33-25(30)24-20-23(28-29(24)21-32-18-19-35(5,6)7)16-17-27(31,22-14-12-11-13-15-22)34-36(8,9)26(2,3)4/h11-15,20,31H,10,16-19,21H2,1-9H3/t27-/m0/s1. The van der Waals surface area contributed by atoms with Gasteiger partial charge in [0.05, 0.1) is 12.3 Å². The molecule has 0 saturated heterocycles. The number of esters is 1. The van der Waals surface area contributed by atoms with Crippen LogP contribution in [0.4, 0.5) is 0 Å². The maximum absolute atomic E-state index is 12.6. The molecule has 0 aliphatic heterocycles. The van der Waals surface area contributed by atoms with Gasteiger partial charge in [-0.05, 0) is 43.6 Å². The van der Waals surface area contributed by atoms with Crippen LogP contribution in [0.5, 0.6) is 0 Å². The van der Waals surface area contributed by atoms with Crippen molar-refractivity contribution in [1.82, 2.24) is 9.78 Å². The van der Waals surface area contributed by atoms with E-state index in [1.165, 1.54) is 0 Å². The molecule has 2 aromatic rings. The lowest BCUT2D eigenvalue weighted by molar-refractivity contribution is -0.160. The first kappa shape index (κ1) is 30.4. The van der Waals surface area contributed by atoms with Gasteiger partial charge in [-0.3, -0.25) is 0 Å². The average molecular weight is 535 g/mol. The molecule has 202 valence electrons. The van der Waals surface area contributed by atoms with Crippen molar-refractivity contribution in [2.24, 2.45) is 0 Å². The van der Waals surface area contributed by atoms with Gasteiger partial charge < -0.3 is 19.0 Å². The molecule has 2 rings (SSSR count). The average Bonchev–Trinajstić information content (AvgIpc) is 3.18. The van der Waals surface area contributed by atoms with Gasteiger partial charge >= 0.3 is 5.97 Å². The van der Waals surface area contributed by atoms with Gasteiger partial charge in [-0.2, -0.15) is 5.10 Å². The van der Waals surface area contributed by atoms with Crippen LogP contribution in [0.2, 0.25) is 43.8 Å². The van der Waals surface area contributed by atoms with Crippen molar-refractivity contribution in [2.75, 3.05) is 13.2 Å². The molecule has 0 saturated carbocycles. The Labute approximate surface area is 219 Å². The minimum absolute atomic E-state index is 0.0678. The Morgan fingerprint density at radius 3 is 2.28 bits per heavy atom. The number of rotatable bonds is 13. The van der Waals surface area contributed by atoms with Crippen LogP contribution in [0, 0.1) is 0 Å². The van der Waals surface area contributed by atoms with Crippen LogP contribution in [-0.4, -0.2) is 50.5 Å². The molecule has 1 aromatic heterocycles. The van der Waals surface area contributed by atoms with Crippen LogP contribution in [0.1, 0.15) is 55.9 Å². The second-order valence-electron chi connectivity index (χ2n) is 12.1. The highest BCUT2D eigenvalue weighted by Crippen LogP contribution is 2.42. The lowest BCUT2D eigenvalue weighted by Crippen LogP contribution is -2.48. The Kier molecular flexibility index (Phi) is 10.3. The molecule has 0 radical (unpaired) electrons. The van der Waals surface area contributed by atoms with Crippen molar-refractivity contribution in [3.8, 4) is 0 Å². The predicted molar refractivity (Wildman–Crippen MR) is 149 cm³/mol. The van der Waals surface area contributed by atoms with E-state index in [-0.39, 0.29) is 18.4 Å². The van der Waals surface area contributed by atoms with Gasteiger partial charge in [-0.15, -0.1) is 0 Å². The summed E-state index contributed by atoms with van der Waals surface area (Å²) < 4.78 is 19.2. The zero-order valence-electron chi connectivity index (χ0n) is 23.7. The maximum atomic E-state index is 12.6. The number of aryl methyl sites for hydroxylation is 1. The lowest BCUT2D eigenvalue weighted by atomic mass is 10.00. The first-order chi connectivity index (χ1) is 16.6. The Hall–Kier alpha value is -1.79. The molecule has 0 spiro atoms. The van der Waals surface area contributed by atoms with Crippen LogP contribution in [0.3, 0.4) is 0 Å². The van der Waals surface area contributed by atoms with Crippen LogP contribution < -0.4 is 0 Å². The summed E-state index contributed by atoms with van der Waals surface area (Å²) in [6.45, 7) is 20.5. The van der Waals surface area contributed by atoms with Gasteiger partial charge in [0.15, 0.2) is 14.1 Å². The molecule has 7 nitrogen and oxygen atoms in total. The van der Waals surface area contributed by atoms with E-state index in [0.29, 0.717) is 30.8 Å². The third kappa shape index (κ3) is 8.66. The lowest BCUT2D eigenvalue weighted by Gasteiger charge is -2.43. The number of ether oxygens (including phenoxy) is 2. The number of hydrogen-bond acceptors (Lipinski definition) is 6. The molecule has 0 amide bonds. The van der Waals surface area contributed by atoms with E-state index in [1.807, 2.05) is 30.3 Å². The molecule has 1 N–H and O–H groups in total. The van der Waals surface area contributed by atoms with Gasteiger partial charge in [0.25, 0.3) is 0 Å². The predicted octanol–water partition coefficient (Wildman–Crippen LogP) is 6.17. The van der Waals surface area contributed by atoms with E-state index in [0.717, 1.165) is 11.6 Å². The first-order valence-electron chi connectivity index (χ1n) is 12.9. The Morgan fingerprint density at radius 1 is 1.08 bits per heavy atom. The first-order valence-corrected chi connectivity index (χ1v) is 19.5. The van der Waals surface area contributed by atoms with Crippen molar-refractivity contribution in [2.45, 2.75) is 96.9 Å². The van der Waals surface area contributed by atoms with E-state index in [2.05, 4.69) is 58.6 Å². The number of aliphatic hydroxyl groups is 1. The number of nitrogens with zero attached hydrogens (tertiary/aromatic N) is 2. The van der Waals surface area contributed by atoms with Gasteiger partial charge in [0, 0.05) is 26.7 Å². The number of carbonyl (C=O) groups excluding carboxylic acids is 1. The van der Waals surface area contributed by atoms with Gasteiger partial charge in [-0.25, -0.2) is 9.48 Å². The van der Waals surface area contributed by atoms with Gasteiger partial charge in [-0.1, -0.05) is 70.7 Å². The number of hydrogen-bond donors (Lipinski definition) is 1. The Balaban J connectivity index is 2.27. The summed E-state index contributed by atoms with van der Waals surface area (Å²) in [7, 11) is -3.52. The van der Waals surface area contributed by atoms with Crippen LogP contribution in [-0.2, 0) is 32.8 Å². The molecule has 0 unspecified atom stereocenters. The fourth-order valence-corrected chi connectivity index (χ4v) is 5.54. The summed E-state index contributed by atoms with van der Waals surface area (Å²) in [5.74, 6) is -1.90. The van der Waals surface area contributed by atoms with E-state index >= 15 is 0 Å². The largest absolute Gasteiger partial charge is 0.461 e. The second-order valence-corrected chi connectivity index (χ2v) is 22.4. The van der Waals surface area contributed by atoms with Gasteiger partial charge in [0.2, 0.25) is 0 Å². The summed E-state index contributed by atoms with van der Waals surface area (Å²) in [5, 5.41) is 16.4. The Bertz CT molecular complexity index is 980. The zero-order chi connectivity index (χ0) is 27.2. The highest BCUT2D eigenvalue weighted by atomic mass is 28.4. The van der Waals surface area contributed by atoms with Crippen molar-refractivity contribution < 1.29 is 23.8 Å². The molecule has 1 heterocycles. The summed E-state index contributed by atoms with van der Waals surface area (Å²) in [5.41, 5.74) is 1.75. The molecule has 0 bridgehead atoms. The van der Waals surface area contributed by atoms with E-state index in [9.17, 15) is 9.90 Å². The van der Waals surface area contributed by atoms with Crippen molar-refractivity contribution in [1.29, 1.82) is 0 Å². The smallest absolute Gasteiger partial charge is 0.356 e. The molecular weight excluding hydrogens is 488 g/mol. The Morgan fingerprint density at radius 2 is 1.72 bits per heavy atom. The normalized spacial score (nSPS) is 14.5. The number of carbonyl (C=O) groups is 1. The molecule has 0 aliphatic rings. The fraction of sp³-hybridized carbons (Fsp3) is 0.630. The third-order valence-electron chi connectivity index (χ3n) is 6.70. The molecule has 0 fully saturated rings. The number of benzene rings is 1. The zero-order valence-corrected chi connectivity index (χ0v) is 25.7. The highest BCUT2D eigenvalue weighted by Gasteiger charge is 2.45. The van der Waals surface area contributed by atoms with Crippen molar-refractivity contribution in [3.63, 3.8) is 0 Å². The molecule has 36 heavy (non-hydrogen) atoms.